The van der Waals surface area contributed by atoms with Crippen molar-refractivity contribution < 1.29 is 41.8 Å². The maximum Gasteiger partial charge on any atom is 0.573 e. The van der Waals surface area contributed by atoms with Gasteiger partial charge in [-0.15, -0.1) is 13.2 Å². The SMILES string of the molecule is COc1ccc(/C(O)=C2/C(=O)C(=O)N(c3cccc(OC(F)(F)F)c3)C2c2ccc(C)o2)cc1C. The molecule has 10 heteroatoms. The van der Waals surface area contributed by atoms with Crippen LogP contribution in [0.15, 0.2) is 64.6 Å². The zero-order chi connectivity index (χ0) is 25.5. The van der Waals surface area contributed by atoms with E-state index in [1.165, 1.54) is 31.4 Å². The van der Waals surface area contributed by atoms with Gasteiger partial charge in [0, 0.05) is 17.3 Å². The first-order valence-electron chi connectivity index (χ1n) is 10.4. The molecule has 2 heterocycles. The second-order valence-electron chi connectivity index (χ2n) is 7.85. The van der Waals surface area contributed by atoms with E-state index in [9.17, 15) is 27.9 Å². The van der Waals surface area contributed by atoms with Crippen molar-refractivity contribution in [2.24, 2.45) is 0 Å². The number of nitrogens with zero attached hydrogens (tertiary/aromatic N) is 1. The number of anilines is 1. The van der Waals surface area contributed by atoms with Gasteiger partial charge in [-0.25, -0.2) is 0 Å². The number of ketones is 1. The van der Waals surface area contributed by atoms with Crippen LogP contribution in [0, 0.1) is 13.8 Å². The van der Waals surface area contributed by atoms with E-state index in [1.807, 2.05) is 0 Å². The van der Waals surface area contributed by atoms with Crippen LogP contribution in [0.2, 0.25) is 0 Å². The molecular formula is C25H20F3NO6. The molecule has 182 valence electrons. The van der Waals surface area contributed by atoms with E-state index in [4.69, 9.17) is 9.15 Å². The van der Waals surface area contributed by atoms with E-state index in [1.54, 1.807) is 32.0 Å². The Morgan fingerprint density at radius 3 is 2.40 bits per heavy atom. The van der Waals surface area contributed by atoms with Crippen LogP contribution >= 0.6 is 0 Å². The summed E-state index contributed by atoms with van der Waals surface area (Å²) >= 11 is 0. The lowest BCUT2D eigenvalue weighted by atomic mass is 9.98. The molecule has 1 amide bonds. The fourth-order valence-electron chi connectivity index (χ4n) is 3.98. The van der Waals surface area contributed by atoms with Gasteiger partial charge >= 0.3 is 6.36 Å². The Morgan fingerprint density at radius 1 is 1.06 bits per heavy atom. The van der Waals surface area contributed by atoms with Crippen molar-refractivity contribution in [2.75, 3.05) is 12.0 Å². The lowest BCUT2D eigenvalue weighted by Gasteiger charge is -2.24. The number of halogens is 3. The highest BCUT2D eigenvalue weighted by molar-refractivity contribution is 6.51. The second-order valence-corrected chi connectivity index (χ2v) is 7.85. The first-order chi connectivity index (χ1) is 16.5. The normalized spacial score (nSPS) is 17.7. The molecular weight excluding hydrogens is 467 g/mol. The van der Waals surface area contributed by atoms with Gasteiger partial charge in [-0.2, -0.15) is 0 Å². The highest BCUT2D eigenvalue weighted by atomic mass is 19.4. The fourth-order valence-corrected chi connectivity index (χ4v) is 3.98. The summed E-state index contributed by atoms with van der Waals surface area (Å²) in [5.41, 5.74) is 0.617. The first kappa shape index (κ1) is 23.9. The van der Waals surface area contributed by atoms with Crippen molar-refractivity contribution in [1.29, 1.82) is 0 Å². The highest BCUT2D eigenvalue weighted by Crippen LogP contribution is 2.43. The molecule has 1 unspecified atom stereocenters. The molecule has 1 N–H and O–H groups in total. The number of rotatable bonds is 5. The largest absolute Gasteiger partial charge is 0.573 e. The number of benzene rings is 2. The molecule has 35 heavy (non-hydrogen) atoms. The summed E-state index contributed by atoms with van der Waals surface area (Å²) in [5.74, 6) is -1.91. The summed E-state index contributed by atoms with van der Waals surface area (Å²) in [4.78, 5) is 27.2. The molecule has 0 aliphatic carbocycles. The van der Waals surface area contributed by atoms with Gasteiger partial charge in [0.15, 0.2) is 0 Å². The van der Waals surface area contributed by atoms with Crippen LogP contribution in [0.4, 0.5) is 18.9 Å². The maximum absolute atomic E-state index is 13.1. The molecule has 1 atom stereocenters. The summed E-state index contributed by atoms with van der Waals surface area (Å²) in [6.07, 6.45) is -4.95. The van der Waals surface area contributed by atoms with Gasteiger partial charge in [0.25, 0.3) is 11.7 Å². The van der Waals surface area contributed by atoms with Crippen LogP contribution in [0.1, 0.15) is 28.7 Å². The van der Waals surface area contributed by atoms with Crippen LogP contribution < -0.4 is 14.4 Å². The number of hydrogen-bond acceptors (Lipinski definition) is 6. The lowest BCUT2D eigenvalue weighted by Crippen LogP contribution is -2.29. The predicted octanol–water partition coefficient (Wildman–Crippen LogP) is 5.43. The number of aliphatic hydroxyl groups excluding tert-OH is 1. The summed E-state index contributed by atoms with van der Waals surface area (Å²) in [7, 11) is 1.49. The molecule has 1 aliphatic heterocycles. The number of methoxy groups -OCH3 is 1. The van der Waals surface area contributed by atoms with Gasteiger partial charge in [0.1, 0.15) is 34.8 Å². The molecule has 0 bridgehead atoms. The van der Waals surface area contributed by atoms with Gasteiger partial charge in [0.05, 0.1) is 12.7 Å². The topological polar surface area (TPSA) is 89.2 Å². The van der Waals surface area contributed by atoms with Crippen molar-refractivity contribution in [3.63, 3.8) is 0 Å². The van der Waals surface area contributed by atoms with Crippen LogP contribution in [-0.4, -0.2) is 30.3 Å². The third-order valence-corrected chi connectivity index (χ3v) is 5.47. The Kier molecular flexibility index (Phi) is 6.06. The number of alkyl halides is 3. The Balaban J connectivity index is 1.88. The van der Waals surface area contributed by atoms with Gasteiger partial charge < -0.3 is 19.0 Å². The number of Topliss-reactive ketones (excluding diaryl/α,β-unsaturated/α-hetero) is 1. The number of ether oxygens (including phenoxy) is 2. The van der Waals surface area contributed by atoms with Crippen molar-refractivity contribution in [1.82, 2.24) is 0 Å². The van der Waals surface area contributed by atoms with Crippen LogP contribution in [0.5, 0.6) is 11.5 Å². The molecule has 1 aromatic heterocycles. The Bertz CT molecular complexity index is 1340. The Labute approximate surface area is 198 Å². The minimum Gasteiger partial charge on any atom is -0.507 e. The van der Waals surface area contributed by atoms with Crippen LogP contribution in [0.25, 0.3) is 5.76 Å². The number of carbonyl (C=O) groups excluding carboxylic acids is 2. The van der Waals surface area contributed by atoms with Crippen LogP contribution in [0.3, 0.4) is 0 Å². The molecule has 7 nitrogen and oxygen atoms in total. The van der Waals surface area contributed by atoms with Crippen molar-refractivity contribution in [3.05, 3.63) is 82.8 Å². The molecule has 0 spiro atoms. The molecule has 1 saturated heterocycles. The average Bonchev–Trinajstić information content (AvgIpc) is 3.33. The number of aliphatic hydroxyl groups is 1. The van der Waals surface area contributed by atoms with E-state index >= 15 is 0 Å². The fraction of sp³-hybridized carbons (Fsp3) is 0.200. The van der Waals surface area contributed by atoms with Crippen molar-refractivity contribution in [2.45, 2.75) is 26.3 Å². The van der Waals surface area contributed by atoms with Gasteiger partial charge in [-0.3, -0.25) is 14.5 Å². The summed E-state index contributed by atoms with van der Waals surface area (Å²) in [5, 5.41) is 11.1. The maximum atomic E-state index is 13.1. The summed E-state index contributed by atoms with van der Waals surface area (Å²) in [6.45, 7) is 3.40. The smallest absolute Gasteiger partial charge is 0.507 e. The molecule has 0 radical (unpaired) electrons. The van der Waals surface area contributed by atoms with Crippen molar-refractivity contribution >= 4 is 23.1 Å². The van der Waals surface area contributed by atoms with Gasteiger partial charge in [-0.1, -0.05) is 6.07 Å². The minimum absolute atomic E-state index is 0.0436. The lowest BCUT2D eigenvalue weighted by molar-refractivity contribution is -0.274. The molecule has 4 rings (SSSR count). The predicted molar refractivity (Wildman–Crippen MR) is 119 cm³/mol. The third kappa shape index (κ3) is 4.59. The highest BCUT2D eigenvalue weighted by Gasteiger charge is 2.48. The van der Waals surface area contributed by atoms with Gasteiger partial charge in [0.2, 0.25) is 0 Å². The minimum atomic E-state index is -4.95. The first-order valence-corrected chi connectivity index (χ1v) is 10.4. The second kappa shape index (κ2) is 8.86. The zero-order valence-corrected chi connectivity index (χ0v) is 18.8. The Morgan fingerprint density at radius 2 is 1.80 bits per heavy atom. The molecule has 1 fully saturated rings. The van der Waals surface area contributed by atoms with Crippen molar-refractivity contribution in [3.8, 4) is 11.5 Å². The quantitative estimate of drug-likeness (QED) is 0.293. The number of amides is 1. The van der Waals surface area contributed by atoms with E-state index in [2.05, 4.69) is 4.74 Å². The summed E-state index contributed by atoms with van der Waals surface area (Å²) < 4.78 is 53.1. The van der Waals surface area contributed by atoms with Gasteiger partial charge in [-0.05, 0) is 61.9 Å². The van der Waals surface area contributed by atoms with E-state index in [0.29, 0.717) is 17.1 Å². The molecule has 1 aliphatic rings. The standard InChI is InChI=1S/C25H20F3NO6/c1-13-11-15(8-10-18(13)33-3)22(30)20-21(19-9-7-14(2)34-19)29(24(32)23(20)31)16-5-4-6-17(12-16)35-25(26,27)28/h4-12,21,30H,1-3H3/b22-20-. The Hall–Kier alpha value is -4.21. The molecule has 0 saturated carbocycles. The summed E-state index contributed by atoms with van der Waals surface area (Å²) in [6, 6.07) is 11.3. The van der Waals surface area contributed by atoms with E-state index in [-0.39, 0.29) is 22.6 Å². The van der Waals surface area contributed by atoms with Crippen LogP contribution in [-0.2, 0) is 9.59 Å². The number of aryl methyl sites for hydroxylation is 2. The number of carbonyl (C=O) groups is 2. The third-order valence-electron chi connectivity index (χ3n) is 5.47. The zero-order valence-electron chi connectivity index (χ0n) is 18.8. The molecule has 3 aromatic rings. The van der Waals surface area contributed by atoms with E-state index < -0.39 is 35.6 Å². The molecule has 2 aromatic carbocycles. The number of furan rings is 1. The monoisotopic (exact) mass is 487 g/mol. The number of hydrogen-bond donors (Lipinski definition) is 1. The average molecular weight is 487 g/mol. The van der Waals surface area contributed by atoms with E-state index in [0.717, 1.165) is 17.0 Å².